The highest BCUT2D eigenvalue weighted by Crippen LogP contribution is 2.28. The van der Waals surface area contributed by atoms with Gasteiger partial charge in [0, 0.05) is 19.6 Å². The van der Waals surface area contributed by atoms with Gasteiger partial charge in [0.05, 0.1) is 24.8 Å². The van der Waals surface area contributed by atoms with Gasteiger partial charge in [0.2, 0.25) is 10.0 Å². The van der Waals surface area contributed by atoms with Crippen molar-refractivity contribution in [2.75, 3.05) is 26.8 Å². The third kappa shape index (κ3) is 4.71. The maximum absolute atomic E-state index is 12.9. The number of hydrogen-bond donors (Lipinski definition) is 0. The molecule has 0 aliphatic carbocycles. The lowest BCUT2D eigenvalue weighted by Crippen LogP contribution is -2.31. The first kappa shape index (κ1) is 23.6. The zero-order valence-electron chi connectivity index (χ0n) is 18.2. The number of methoxy groups -OCH3 is 1. The number of nitrogens with zero attached hydrogens (tertiary/aromatic N) is 2. The predicted octanol–water partition coefficient (Wildman–Crippen LogP) is 2.88. The third-order valence-corrected chi connectivity index (χ3v) is 7.13. The summed E-state index contributed by atoms with van der Waals surface area (Å²) in [6.07, 6.45) is 0.385. The highest BCUT2D eigenvalue weighted by molar-refractivity contribution is 7.89. The molecule has 0 unspecified atom stereocenters. The molecule has 0 radical (unpaired) electrons. The van der Waals surface area contributed by atoms with E-state index in [2.05, 4.69) is 0 Å². The summed E-state index contributed by atoms with van der Waals surface area (Å²) in [4.78, 5) is 24.4. The Morgan fingerprint density at radius 3 is 2.53 bits per heavy atom. The molecular weight excluding hydrogens is 436 g/mol. The minimum absolute atomic E-state index is 0.0505. The summed E-state index contributed by atoms with van der Waals surface area (Å²) in [6.45, 7) is 4.42. The average molecular weight is 463 g/mol. The maximum Gasteiger partial charge on any atom is 0.419 e. The fourth-order valence-electron chi connectivity index (χ4n) is 3.40. The van der Waals surface area contributed by atoms with Gasteiger partial charge in [-0.15, -0.1) is 0 Å². The van der Waals surface area contributed by atoms with Gasteiger partial charge in [0.15, 0.2) is 5.58 Å². The zero-order valence-corrected chi connectivity index (χ0v) is 19.1. The van der Waals surface area contributed by atoms with E-state index in [-0.39, 0.29) is 22.8 Å². The Labute approximate surface area is 186 Å². The van der Waals surface area contributed by atoms with Crippen LogP contribution < -0.4 is 10.5 Å². The summed E-state index contributed by atoms with van der Waals surface area (Å²) in [7, 11) is -2.46. The molecule has 10 heteroatoms. The minimum atomic E-state index is -3.83. The van der Waals surface area contributed by atoms with Crippen molar-refractivity contribution in [2.24, 2.45) is 0 Å². The Morgan fingerprint density at radius 1 is 1.12 bits per heavy atom. The summed E-state index contributed by atoms with van der Waals surface area (Å²) >= 11 is 0. The molecule has 0 spiro atoms. The smallest absolute Gasteiger partial charge is 0.419 e. The molecular formula is C22H26N2O7S. The second-order valence-electron chi connectivity index (χ2n) is 6.93. The van der Waals surface area contributed by atoms with E-state index in [0.717, 1.165) is 0 Å². The lowest BCUT2D eigenvalue weighted by atomic mass is 10.2. The summed E-state index contributed by atoms with van der Waals surface area (Å²) in [5.41, 5.74) is 1.27. The van der Waals surface area contributed by atoms with Crippen molar-refractivity contribution < 1.29 is 27.1 Å². The van der Waals surface area contributed by atoms with E-state index in [1.807, 2.05) is 0 Å². The van der Waals surface area contributed by atoms with Crippen molar-refractivity contribution in [1.82, 2.24) is 8.87 Å². The second-order valence-corrected chi connectivity index (χ2v) is 8.84. The van der Waals surface area contributed by atoms with Crippen LogP contribution in [0.3, 0.4) is 0 Å². The van der Waals surface area contributed by atoms with Crippen molar-refractivity contribution in [2.45, 2.75) is 31.7 Å². The number of aryl methyl sites for hydroxylation is 1. The van der Waals surface area contributed by atoms with Crippen molar-refractivity contribution in [3.8, 4) is 5.75 Å². The van der Waals surface area contributed by atoms with Crippen LogP contribution in [-0.4, -0.2) is 50.1 Å². The molecule has 32 heavy (non-hydrogen) atoms. The number of ether oxygens (including phenoxy) is 2. The predicted molar refractivity (Wildman–Crippen MR) is 118 cm³/mol. The van der Waals surface area contributed by atoms with E-state index in [1.54, 1.807) is 38.1 Å². The Balaban J connectivity index is 1.70. The molecule has 0 aliphatic heterocycles. The number of carbonyl (C=O) groups is 1. The van der Waals surface area contributed by atoms with Crippen LogP contribution in [0.2, 0.25) is 0 Å². The summed E-state index contributed by atoms with van der Waals surface area (Å²) < 4.78 is 44.3. The maximum atomic E-state index is 12.9. The molecule has 0 saturated carbocycles. The zero-order chi connectivity index (χ0) is 23.3. The van der Waals surface area contributed by atoms with E-state index in [0.29, 0.717) is 37.2 Å². The van der Waals surface area contributed by atoms with Crippen molar-refractivity contribution in [3.05, 3.63) is 58.6 Å². The number of oxazole rings is 1. The number of fused-ring (bicyclic) bond motifs is 1. The molecule has 0 bridgehead atoms. The number of para-hydroxylation sites is 2. The second kappa shape index (κ2) is 10.0. The van der Waals surface area contributed by atoms with Crippen LogP contribution in [0.15, 0.2) is 56.6 Å². The Kier molecular flexibility index (Phi) is 7.37. The molecule has 0 fully saturated rings. The van der Waals surface area contributed by atoms with Gasteiger partial charge < -0.3 is 13.9 Å². The van der Waals surface area contributed by atoms with E-state index < -0.39 is 21.7 Å². The average Bonchev–Trinajstić information content (AvgIpc) is 3.11. The van der Waals surface area contributed by atoms with Crippen molar-refractivity contribution in [3.63, 3.8) is 0 Å². The summed E-state index contributed by atoms with van der Waals surface area (Å²) in [5, 5.41) is 0. The highest BCUT2D eigenvalue weighted by atomic mass is 32.2. The van der Waals surface area contributed by atoms with Gasteiger partial charge in [0.1, 0.15) is 10.6 Å². The molecule has 1 aromatic heterocycles. The molecule has 0 N–H and O–H groups in total. The van der Waals surface area contributed by atoms with Crippen LogP contribution in [0.5, 0.6) is 5.75 Å². The normalized spacial score (nSPS) is 11.8. The number of hydrogen-bond acceptors (Lipinski definition) is 7. The first-order valence-electron chi connectivity index (χ1n) is 10.3. The van der Waals surface area contributed by atoms with Gasteiger partial charge in [-0.25, -0.2) is 18.0 Å². The Morgan fingerprint density at radius 2 is 1.84 bits per heavy atom. The molecule has 2 aromatic carbocycles. The van der Waals surface area contributed by atoms with Crippen LogP contribution in [0.1, 0.15) is 30.6 Å². The van der Waals surface area contributed by atoms with E-state index in [1.165, 1.54) is 34.2 Å². The van der Waals surface area contributed by atoms with Crippen LogP contribution in [0, 0.1) is 0 Å². The minimum Gasteiger partial charge on any atom is -0.495 e. The quantitative estimate of drug-likeness (QED) is 0.337. The van der Waals surface area contributed by atoms with Gasteiger partial charge >= 0.3 is 11.7 Å². The van der Waals surface area contributed by atoms with Gasteiger partial charge in [-0.05, 0) is 36.8 Å². The van der Waals surface area contributed by atoms with Crippen LogP contribution >= 0.6 is 0 Å². The standard InChI is InChI=1S/C22H26N2O7S/c1-4-23(5-2)32(27,28)20-15-16(11-12-19(20)29-3)21(25)30-14-8-13-24-17-9-6-7-10-18(17)31-22(24)26/h6-7,9-12,15H,4-5,8,13-14H2,1-3H3. The summed E-state index contributed by atoms with van der Waals surface area (Å²) in [6, 6.07) is 11.2. The molecule has 1 heterocycles. The van der Waals surface area contributed by atoms with E-state index >= 15 is 0 Å². The van der Waals surface area contributed by atoms with Crippen LogP contribution in [-0.2, 0) is 21.3 Å². The monoisotopic (exact) mass is 462 g/mol. The van der Waals surface area contributed by atoms with E-state index in [4.69, 9.17) is 13.9 Å². The van der Waals surface area contributed by atoms with E-state index in [9.17, 15) is 18.0 Å². The molecule has 9 nitrogen and oxygen atoms in total. The molecule has 172 valence electrons. The van der Waals surface area contributed by atoms with Gasteiger partial charge in [-0.3, -0.25) is 4.57 Å². The molecule has 3 aromatic rings. The molecule has 0 amide bonds. The highest BCUT2D eigenvalue weighted by Gasteiger charge is 2.27. The number of sulfonamides is 1. The van der Waals surface area contributed by atoms with Crippen LogP contribution in [0.25, 0.3) is 11.1 Å². The van der Waals surface area contributed by atoms with Gasteiger partial charge in [-0.2, -0.15) is 4.31 Å². The Bertz CT molecular complexity index is 1260. The largest absolute Gasteiger partial charge is 0.495 e. The Hall–Kier alpha value is -3.11. The number of aromatic nitrogens is 1. The lowest BCUT2D eigenvalue weighted by molar-refractivity contribution is 0.0495. The van der Waals surface area contributed by atoms with Crippen molar-refractivity contribution >= 4 is 27.1 Å². The van der Waals surface area contributed by atoms with Gasteiger partial charge in [-0.1, -0.05) is 26.0 Å². The molecule has 0 atom stereocenters. The third-order valence-electron chi connectivity index (χ3n) is 5.06. The first-order chi connectivity index (χ1) is 15.3. The number of benzene rings is 2. The fourth-order valence-corrected chi connectivity index (χ4v) is 5.04. The lowest BCUT2D eigenvalue weighted by Gasteiger charge is -2.20. The number of esters is 1. The number of rotatable bonds is 10. The van der Waals surface area contributed by atoms with Crippen molar-refractivity contribution in [1.29, 1.82) is 0 Å². The molecule has 0 saturated heterocycles. The first-order valence-corrected chi connectivity index (χ1v) is 11.7. The number of carbonyl (C=O) groups excluding carboxylic acids is 1. The topological polar surface area (TPSA) is 108 Å². The molecule has 0 aliphatic rings. The fraction of sp³-hybridized carbons (Fsp3) is 0.364. The van der Waals surface area contributed by atoms with Crippen LogP contribution in [0.4, 0.5) is 0 Å². The summed E-state index contributed by atoms with van der Waals surface area (Å²) in [5.74, 6) is -0.980. The van der Waals surface area contributed by atoms with Gasteiger partial charge in [0.25, 0.3) is 0 Å². The molecule has 3 rings (SSSR count). The SMILES string of the molecule is CCN(CC)S(=O)(=O)c1cc(C(=O)OCCCn2c(=O)oc3ccccc32)ccc1OC.